The molecule has 5 atom stereocenters. The van der Waals surface area contributed by atoms with Gasteiger partial charge in [-0.2, -0.15) is 5.26 Å². The van der Waals surface area contributed by atoms with Crippen LogP contribution >= 0.6 is 0 Å². The van der Waals surface area contributed by atoms with Crippen LogP contribution in [-0.2, 0) is 33.4 Å². The zero-order chi connectivity index (χ0) is 30.1. The molecule has 0 aromatic rings. The fourth-order valence-corrected chi connectivity index (χ4v) is 6.93. The van der Waals surface area contributed by atoms with Gasteiger partial charge in [0.1, 0.15) is 18.4 Å². The monoisotopic (exact) mass is 561 g/mol. The number of nitrogens with zero attached hydrogens (tertiary/aromatic N) is 3. The van der Waals surface area contributed by atoms with E-state index in [4.69, 9.17) is 9.47 Å². The maximum absolute atomic E-state index is 13.8. The first-order valence-electron chi connectivity index (χ1n) is 13.4. The van der Waals surface area contributed by atoms with Crippen molar-refractivity contribution < 1.29 is 38.6 Å². The number of Topliss-reactive ketones (excluding diaryl/α,β-unsaturated/α-hetero) is 4. The molecular formula is C30H31N3O8. The quantitative estimate of drug-likeness (QED) is 0.175. The van der Waals surface area contributed by atoms with E-state index in [0.29, 0.717) is 11.1 Å². The van der Waals surface area contributed by atoms with Crippen molar-refractivity contribution in [3.05, 3.63) is 56.6 Å². The van der Waals surface area contributed by atoms with Crippen LogP contribution < -0.4 is 0 Å². The molecule has 1 N–H and O–H groups in total. The van der Waals surface area contributed by atoms with Gasteiger partial charge >= 0.3 is 5.97 Å². The van der Waals surface area contributed by atoms with Gasteiger partial charge in [-0.15, -0.1) is 0 Å². The van der Waals surface area contributed by atoms with Crippen LogP contribution in [0.3, 0.4) is 0 Å². The maximum atomic E-state index is 13.8. The van der Waals surface area contributed by atoms with Gasteiger partial charge in [0.25, 0.3) is 0 Å². The van der Waals surface area contributed by atoms with Crippen LogP contribution in [0.1, 0.15) is 40.5 Å². The number of methoxy groups -OCH3 is 1. The number of likely N-dealkylation sites (N-methyl/N-ethyl adjacent to an activating group) is 1. The second kappa shape index (κ2) is 10.0. The molecule has 11 heteroatoms. The van der Waals surface area contributed by atoms with Gasteiger partial charge in [0.15, 0.2) is 11.5 Å². The van der Waals surface area contributed by atoms with Crippen molar-refractivity contribution in [1.82, 2.24) is 9.80 Å². The summed E-state index contributed by atoms with van der Waals surface area (Å²) in [6.45, 7) is 5.78. The Morgan fingerprint density at radius 3 is 2.29 bits per heavy atom. The van der Waals surface area contributed by atoms with Crippen LogP contribution in [0.5, 0.6) is 0 Å². The fraction of sp³-hybridized carbons (Fsp3) is 0.467. The van der Waals surface area contributed by atoms with E-state index in [9.17, 15) is 34.3 Å². The molecule has 41 heavy (non-hydrogen) atoms. The molecule has 1 fully saturated rings. The van der Waals surface area contributed by atoms with Gasteiger partial charge in [0.2, 0.25) is 17.3 Å². The highest BCUT2D eigenvalue weighted by atomic mass is 16.5. The number of allylic oxidation sites excluding steroid dienone is 5. The van der Waals surface area contributed by atoms with Crippen molar-refractivity contribution in [2.75, 3.05) is 20.8 Å². The lowest BCUT2D eigenvalue weighted by Gasteiger charge is -2.60. The van der Waals surface area contributed by atoms with E-state index in [1.54, 1.807) is 31.9 Å². The third-order valence-corrected chi connectivity index (χ3v) is 9.16. The Kier molecular flexibility index (Phi) is 6.96. The molecule has 11 nitrogen and oxygen atoms in total. The molecule has 0 amide bonds. The van der Waals surface area contributed by atoms with E-state index in [1.165, 1.54) is 21.0 Å². The Labute approximate surface area is 237 Å². The van der Waals surface area contributed by atoms with Gasteiger partial charge < -0.3 is 14.6 Å². The summed E-state index contributed by atoms with van der Waals surface area (Å²) < 4.78 is 10.9. The molecule has 0 aromatic carbocycles. The maximum Gasteiger partial charge on any atom is 0.333 e. The Balaban J connectivity index is 1.71. The number of ketones is 4. The van der Waals surface area contributed by atoms with Crippen molar-refractivity contribution in [2.45, 2.75) is 70.7 Å². The summed E-state index contributed by atoms with van der Waals surface area (Å²) in [5.74, 6) is -3.46. The minimum absolute atomic E-state index is 0.0129. The van der Waals surface area contributed by atoms with E-state index in [1.807, 2.05) is 4.90 Å². The van der Waals surface area contributed by atoms with Crippen molar-refractivity contribution >= 4 is 29.1 Å². The number of ether oxygens (including phenoxy) is 2. The standard InChI is InChI=1S/C30H31N3O8/c1-7-12(2)30(39)41-11-20-21-15(24(34)13(3)26(36)27(21)37)9-18-23-22-16(25(35)14(4)29(40-6)28(22)38)8-17(32(23)5)19(10-31)33(18)20/h7,17-20,23,34H,8-9,11H2,1-6H3/t17-,18-,19-,20-,23-/m0/s1. The number of esters is 1. The Morgan fingerprint density at radius 2 is 1.68 bits per heavy atom. The van der Waals surface area contributed by atoms with Crippen molar-refractivity contribution in [3.8, 4) is 6.07 Å². The summed E-state index contributed by atoms with van der Waals surface area (Å²) >= 11 is 0. The van der Waals surface area contributed by atoms with Crippen molar-refractivity contribution in [2.24, 2.45) is 0 Å². The number of aliphatic hydroxyl groups excluding tert-OH is 1. The zero-order valence-corrected chi connectivity index (χ0v) is 23.7. The molecular weight excluding hydrogens is 530 g/mol. The number of aliphatic hydroxyl groups is 1. The van der Waals surface area contributed by atoms with Gasteiger partial charge in [-0.05, 0) is 47.6 Å². The van der Waals surface area contributed by atoms with E-state index >= 15 is 0 Å². The van der Waals surface area contributed by atoms with Gasteiger partial charge in [-0.25, -0.2) is 4.79 Å². The van der Waals surface area contributed by atoms with Crippen LogP contribution in [0.2, 0.25) is 0 Å². The minimum atomic E-state index is -1.05. The van der Waals surface area contributed by atoms with Gasteiger partial charge in [0, 0.05) is 51.1 Å². The summed E-state index contributed by atoms with van der Waals surface area (Å²) in [6.07, 6.45) is 1.69. The molecule has 3 aliphatic heterocycles. The predicted molar refractivity (Wildman–Crippen MR) is 143 cm³/mol. The number of piperazine rings is 1. The van der Waals surface area contributed by atoms with E-state index < -0.39 is 53.5 Å². The van der Waals surface area contributed by atoms with Crippen LogP contribution in [0, 0.1) is 11.3 Å². The average Bonchev–Trinajstić information content (AvgIpc) is 2.96. The summed E-state index contributed by atoms with van der Waals surface area (Å²) in [7, 11) is 3.11. The van der Waals surface area contributed by atoms with Crippen LogP contribution in [-0.4, -0.2) is 95.0 Å². The lowest BCUT2D eigenvalue weighted by atomic mass is 9.67. The number of nitriles is 1. The summed E-state index contributed by atoms with van der Waals surface area (Å²) in [5, 5.41) is 21.6. The third kappa shape index (κ3) is 3.89. The summed E-state index contributed by atoms with van der Waals surface area (Å²) in [5.41, 5.74) is 1.21. The molecule has 0 aromatic heterocycles. The highest BCUT2D eigenvalue weighted by Gasteiger charge is 2.59. The first-order valence-corrected chi connectivity index (χ1v) is 13.4. The number of carbonyl (C=O) groups is 5. The topological polar surface area (TPSA) is 154 Å². The Bertz CT molecular complexity index is 1530. The molecule has 3 heterocycles. The molecule has 0 saturated carbocycles. The molecule has 214 valence electrons. The molecule has 0 spiro atoms. The third-order valence-electron chi connectivity index (χ3n) is 9.16. The number of hydrogen-bond donors (Lipinski definition) is 1. The Morgan fingerprint density at radius 1 is 1.02 bits per heavy atom. The highest BCUT2D eigenvalue weighted by Crippen LogP contribution is 2.49. The number of rotatable bonds is 4. The second-order valence-corrected chi connectivity index (χ2v) is 11.0. The summed E-state index contributed by atoms with van der Waals surface area (Å²) in [4.78, 5) is 69.8. The molecule has 0 unspecified atom stereocenters. The van der Waals surface area contributed by atoms with Crippen LogP contribution in [0.25, 0.3) is 0 Å². The van der Waals surface area contributed by atoms with Crippen LogP contribution in [0.4, 0.5) is 0 Å². The summed E-state index contributed by atoms with van der Waals surface area (Å²) in [6, 6.07) is -1.59. The number of hydrogen-bond acceptors (Lipinski definition) is 11. The van der Waals surface area contributed by atoms with Crippen molar-refractivity contribution in [3.63, 3.8) is 0 Å². The molecule has 2 aliphatic carbocycles. The first kappa shape index (κ1) is 28.4. The lowest BCUT2D eigenvalue weighted by molar-refractivity contribution is -0.144. The Hall–Kier alpha value is -4.14. The van der Waals surface area contributed by atoms with Crippen LogP contribution in [0.15, 0.2) is 56.6 Å². The minimum Gasteiger partial charge on any atom is -0.507 e. The highest BCUT2D eigenvalue weighted by molar-refractivity contribution is 6.50. The fourth-order valence-electron chi connectivity index (χ4n) is 6.93. The zero-order valence-electron chi connectivity index (χ0n) is 23.7. The normalized spacial score (nSPS) is 30.8. The van der Waals surface area contributed by atoms with E-state index in [0.717, 1.165) is 0 Å². The largest absolute Gasteiger partial charge is 0.507 e. The molecule has 1 saturated heterocycles. The molecule has 5 rings (SSSR count). The number of carbonyl (C=O) groups excluding carboxylic acids is 5. The van der Waals surface area contributed by atoms with Gasteiger partial charge in [0.05, 0.1) is 25.3 Å². The molecule has 5 aliphatic rings. The molecule has 2 bridgehead atoms. The number of fused-ring (bicyclic) bond motifs is 5. The first-order chi connectivity index (χ1) is 19.4. The van der Waals surface area contributed by atoms with Crippen molar-refractivity contribution in [1.29, 1.82) is 5.26 Å². The second-order valence-electron chi connectivity index (χ2n) is 11.0. The van der Waals surface area contributed by atoms with Gasteiger partial charge in [-0.1, -0.05) is 6.08 Å². The van der Waals surface area contributed by atoms with E-state index in [-0.39, 0.29) is 64.6 Å². The smallest absolute Gasteiger partial charge is 0.333 e. The lowest BCUT2D eigenvalue weighted by Crippen LogP contribution is -2.74. The SMILES string of the molecule is CC=C(C)C(=O)OC[C@H]1C2=C(C[C@H]3[C@H]4C5=C(C[C@@H]([C@H](C#N)N13)N4C)C(=O)C(C)=C(OC)C5=O)C(O)=C(C)C(=O)C2=O. The predicted octanol–water partition coefficient (Wildman–Crippen LogP) is 1.57. The van der Waals surface area contributed by atoms with Gasteiger partial charge in [-0.3, -0.25) is 29.0 Å². The van der Waals surface area contributed by atoms with E-state index in [2.05, 4.69) is 6.07 Å². The average molecular weight is 562 g/mol. The molecule has 0 radical (unpaired) electrons.